The minimum atomic E-state index is -1.78. The first kappa shape index (κ1) is 18.4. The number of methoxy groups -OCH3 is 1. The van der Waals surface area contributed by atoms with Gasteiger partial charge in [0.15, 0.2) is 23.1 Å². The van der Waals surface area contributed by atoms with Gasteiger partial charge in [-0.3, -0.25) is 9.59 Å². The molecular formula is C16H15F3N2O4. The van der Waals surface area contributed by atoms with Crippen molar-refractivity contribution in [2.45, 2.75) is 13.5 Å². The molecule has 1 aromatic carbocycles. The third-order valence-electron chi connectivity index (χ3n) is 3.62. The topological polar surface area (TPSA) is 82.6 Å². The predicted octanol–water partition coefficient (Wildman–Crippen LogP) is 2.09. The molecule has 0 fully saturated rings. The molecule has 1 aromatic heterocycles. The number of amides is 1. The standard InChI is InChI=1S/C16H15F3N2O4/c1-7-15(25-3)13(22)8(5-20-7)6-21(2)16(24)9-4-10(17)12(19)14(23)11(9)18/h4-5,23H,6H2,1-3H3,(H,20,22). The van der Waals surface area contributed by atoms with Gasteiger partial charge in [-0.05, 0) is 13.0 Å². The Morgan fingerprint density at radius 3 is 2.56 bits per heavy atom. The summed E-state index contributed by atoms with van der Waals surface area (Å²) < 4.78 is 45.3. The summed E-state index contributed by atoms with van der Waals surface area (Å²) in [5, 5.41) is 9.20. The lowest BCUT2D eigenvalue weighted by molar-refractivity contribution is 0.0778. The van der Waals surface area contributed by atoms with E-state index in [1.54, 1.807) is 6.92 Å². The number of hydrogen-bond acceptors (Lipinski definition) is 4. The van der Waals surface area contributed by atoms with Gasteiger partial charge in [-0.1, -0.05) is 0 Å². The molecule has 0 saturated heterocycles. The number of phenolic OH excluding ortho intramolecular Hbond substituents is 1. The fraction of sp³-hybridized carbons (Fsp3) is 0.250. The zero-order chi connectivity index (χ0) is 18.9. The van der Waals surface area contributed by atoms with Crippen LogP contribution in [0.1, 0.15) is 21.6 Å². The van der Waals surface area contributed by atoms with Crippen LogP contribution in [-0.2, 0) is 6.54 Å². The largest absolute Gasteiger partial charge is 0.503 e. The number of phenols is 1. The summed E-state index contributed by atoms with van der Waals surface area (Å²) in [5.41, 5.74) is -0.686. The summed E-state index contributed by atoms with van der Waals surface area (Å²) in [4.78, 5) is 28.2. The SMILES string of the molecule is COc1c(C)[nH]cc(CN(C)C(=O)c2cc(F)c(F)c(O)c2F)c1=O. The van der Waals surface area contributed by atoms with Gasteiger partial charge in [0.05, 0.1) is 24.9 Å². The van der Waals surface area contributed by atoms with Gasteiger partial charge in [0.1, 0.15) is 0 Å². The molecule has 0 saturated carbocycles. The van der Waals surface area contributed by atoms with E-state index >= 15 is 0 Å². The van der Waals surface area contributed by atoms with Crippen molar-refractivity contribution in [2.75, 3.05) is 14.2 Å². The monoisotopic (exact) mass is 356 g/mol. The number of nitrogens with one attached hydrogen (secondary N) is 1. The maximum absolute atomic E-state index is 13.9. The molecule has 2 aromatic rings. The number of rotatable bonds is 4. The molecule has 0 aliphatic carbocycles. The molecule has 0 radical (unpaired) electrons. The first-order chi connectivity index (χ1) is 11.7. The van der Waals surface area contributed by atoms with Crippen LogP contribution in [0.25, 0.3) is 0 Å². The average Bonchev–Trinajstić information content (AvgIpc) is 2.58. The molecule has 0 atom stereocenters. The molecule has 2 rings (SSSR count). The van der Waals surface area contributed by atoms with Crippen molar-refractivity contribution in [3.63, 3.8) is 0 Å². The number of carbonyl (C=O) groups excluding carboxylic acids is 1. The second-order valence-electron chi connectivity index (χ2n) is 5.35. The van der Waals surface area contributed by atoms with Crippen molar-refractivity contribution in [1.29, 1.82) is 0 Å². The Morgan fingerprint density at radius 1 is 1.32 bits per heavy atom. The molecule has 1 heterocycles. The van der Waals surface area contributed by atoms with E-state index in [-0.39, 0.29) is 17.9 Å². The fourth-order valence-corrected chi connectivity index (χ4v) is 2.28. The van der Waals surface area contributed by atoms with E-state index < -0.39 is 40.1 Å². The Balaban J connectivity index is 2.36. The van der Waals surface area contributed by atoms with Crippen LogP contribution >= 0.6 is 0 Å². The Bertz CT molecular complexity index is 896. The Labute approximate surface area is 140 Å². The van der Waals surface area contributed by atoms with Gasteiger partial charge in [-0.25, -0.2) is 8.78 Å². The summed E-state index contributed by atoms with van der Waals surface area (Å²) in [7, 11) is 2.56. The molecule has 9 heteroatoms. The van der Waals surface area contributed by atoms with Crippen LogP contribution < -0.4 is 10.2 Å². The number of nitrogens with zero attached hydrogens (tertiary/aromatic N) is 1. The van der Waals surface area contributed by atoms with Crippen molar-refractivity contribution in [1.82, 2.24) is 9.88 Å². The highest BCUT2D eigenvalue weighted by Crippen LogP contribution is 2.26. The van der Waals surface area contributed by atoms with Gasteiger partial charge in [-0.2, -0.15) is 4.39 Å². The molecule has 1 amide bonds. The van der Waals surface area contributed by atoms with Crippen molar-refractivity contribution < 1.29 is 27.8 Å². The van der Waals surface area contributed by atoms with Crippen molar-refractivity contribution in [3.8, 4) is 11.5 Å². The van der Waals surface area contributed by atoms with Crippen LogP contribution in [0, 0.1) is 24.4 Å². The minimum Gasteiger partial charge on any atom is -0.503 e. The first-order valence-electron chi connectivity index (χ1n) is 7.06. The number of hydrogen-bond donors (Lipinski definition) is 2. The lowest BCUT2D eigenvalue weighted by atomic mass is 10.1. The molecule has 0 bridgehead atoms. The van der Waals surface area contributed by atoms with E-state index in [1.165, 1.54) is 20.4 Å². The van der Waals surface area contributed by atoms with E-state index in [2.05, 4.69) is 4.98 Å². The normalized spacial score (nSPS) is 10.6. The number of aromatic nitrogens is 1. The molecule has 0 aliphatic heterocycles. The molecular weight excluding hydrogens is 341 g/mol. The number of aromatic amines is 1. The van der Waals surface area contributed by atoms with Crippen LogP contribution in [0.4, 0.5) is 13.2 Å². The van der Waals surface area contributed by atoms with Gasteiger partial charge < -0.3 is 19.7 Å². The van der Waals surface area contributed by atoms with Crippen LogP contribution in [-0.4, -0.2) is 35.1 Å². The van der Waals surface area contributed by atoms with E-state index in [1.807, 2.05) is 0 Å². The third-order valence-corrected chi connectivity index (χ3v) is 3.62. The lowest BCUT2D eigenvalue weighted by Crippen LogP contribution is -2.30. The maximum Gasteiger partial charge on any atom is 0.257 e. The Morgan fingerprint density at radius 2 is 1.96 bits per heavy atom. The Hall–Kier alpha value is -2.97. The van der Waals surface area contributed by atoms with Gasteiger partial charge in [0.25, 0.3) is 5.91 Å². The molecule has 2 N–H and O–H groups in total. The highest BCUT2D eigenvalue weighted by Gasteiger charge is 2.25. The van der Waals surface area contributed by atoms with Crippen LogP contribution in [0.3, 0.4) is 0 Å². The lowest BCUT2D eigenvalue weighted by Gasteiger charge is -2.18. The number of H-pyrrole nitrogens is 1. The number of aromatic hydroxyl groups is 1. The third kappa shape index (κ3) is 3.30. The average molecular weight is 356 g/mol. The highest BCUT2D eigenvalue weighted by molar-refractivity contribution is 5.94. The number of pyridine rings is 1. The second-order valence-corrected chi connectivity index (χ2v) is 5.35. The molecule has 0 spiro atoms. The van der Waals surface area contributed by atoms with E-state index in [0.717, 1.165) is 4.90 Å². The van der Waals surface area contributed by atoms with Crippen LogP contribution in [0.5, 0.6) is 11.5 Å². The van der Waals surface area contributed by atoms with Gasteiger partial charge in [0, 0.05) is 18.8 Å². The first-order valence-corrected chi connectivity index (χ1v) is 7.06. The van der Waals surface area contributed by atoms with Gasteiger partial charge in [-0.15, -0.1) is 0 Å². The molecule has 25 heavy (non-hydrogen) atoms. The fourth-order valence-electron chi connectivity index (χ4n) is 2.28. The summed E-state index contributed by atoms with van der Waals surface area (Å²) in [6.07, 6.45) is 1.36. The molecule has 6 nitrogen and oxygen atoms in total. The smallest absolute Gasteiger partial charge is 0.257 e. The maximum atomic E-state index is 13.9. The zero-order valence-corrected chi connectivity index (χ0v) is 13.6. The van der Waals surface area contributed by atoms with Crippen molar-refractivity contribution in [2.24, 2.45) is 0 Å². The van der Waals surface area contributed by atoms with Crippen LogP contribution in [0.15, 0.2) is 17.1 Å². The zero-order valence-electron chi connectivity index (χ0n) is 13.6. The molecule has 0 unspecified atom stereocenters. The van der Waals surface area contributed by atoms with Gasteiger partial charge in [0.2, 0.25) is 11.2 Å². The molecule has 134 valence electrons. The summed E-state index contributed by atoms with van der Waals surface area (Å²) in [6.45, 7) is 1.38. The summed E-state index contributed by atoms with van der Waals surface area (Å²) in [5.74, 6) is -7.47. The molecule has 0 aliphatic rings. The number of benzene rings is 1. The van der Waals surface area contributed by atoms with Crippen LogP contribution in [0.2, 0.25) is 0 Å². The predicted molar refractivity (Wildman–Crippen MR) is 82.1 cm³/mol. The number of aryl methyl sites for hydroxylation is 1. The number of carbonyl (C=O) groups is 1. The van der Waals surface area contributed by atoms with Gasteiger partial charge >= 0.3 is 0 Å². The van der Waals surface area contributed by atoms with E-state index in [4.69, 9.17) is 4.74 Å². The quantitative estimate of drug-likeness (QED) is 0.822. The van der Waals surface area contributed by atoms with E-state index in [0.29, 0.717) is 11.8 Å². The minimum absolute atomic E-state index is 0.0648. The Kier molecular flexibility index (Phi) is 5.05. The highest BCUT2D eigenvalue weighted by atomic mass is 19.2. The second kappa shape index (κ2) is 6.88. The summed E-state index contributed by atoms with van der Waals surface area (Å²) >= 11 is 0. The number of halogens is 3. The summed E-state index contributed by atoms with van der Waals surface area (Å²) in [6, 6.07) is 0.350. The number of ether oxygens (including phenoxy) is 1. The van der Waals surface area contributed by atoms with Crippen molar-refractivity contribution >= 4 is 5.91 Å². The van der Waals surface area contributed by atoms with E-state index in [9.17, 15) is 27.9 Å². The van der Waals surface area contributed by atoms with Crippen molar-refractivity contribution in [3.05, 3.63) is 56.8 Å².